The highest BCUT2D eigenvalue weighted by Gasteiger charge is 2.51. The summed E-state index contributed by atoms with van der Waals surface area (Å²) in [7, 11) is 0. The van der Waals surface area contributed by atoms with Gasteiger partial charge >= 0.3 is 0 Å². The molecule has 1 spiro atoms. The number of aliphatic imine (C=N–C) groups is 1. The van der Waals surface area contributed by atoms with E-state index in [1.807, 2.05) is 23.3 Å². The molecule has 4 aliphatic heterocycles. The number of ether oxygens (including phenoxy) is 1. The fraction of sp³-hybridized carbons (Fsp3) is 0.500. The number of aliphatic hydroxyl groups is 5. The van der Waals surface area contributed by atoms with E-state index in [4.69, 9.17) is 24.0 Å². The van der Waals surface area contributed by atoms with Crippen molar-refractivity contribution in [1.29, 1.82) is 0 Å². The standard InChI is InChI=1S/C34H39N3O11/c1-17-7-24(39)22-8-20-9-27(48-45-16-26(41)31(44)30(43)25(40)15-38)34(5-2-3-18(11-34)21-10-28(42)36-12-21)47-32(20)29(33(22)46-17)37-13-19-4-6-35-23(19)14-37/h2-4,6-8,14,18,21,25-27,30-31,38,40-41,43-44H,5,9-13,15-16H2,1H3,(H,36,42). The molecule has 1 aliphatic carbocycles. The Morgan fingerprint density at radius 1 is 1.15 bits per heavy atom. The number of hydrogen-bond donors (Lipinski definition) is 6. The van der Waals surface area contributed by atoms with Crippen LogP contribution in [0.5, 0.6) is 5.75 Å². The number of rotatable bonds is 10. The molecule has 48 heavy (non-hydrogen) atoms. The molecule has 1 saturated heterocycles. The number of amides is 1. The number of benzene rings is 1. The summed E-state index contributed by atoms with van der Waals surface area (Å²) in [5.74, 6) is 0.977. The first-order valence-corrected chi connectivity index (χ1v) is 16.1. The summed E-state index contributed by atoms with van der Waals surface area (Å²) in [6.07, 6.45) is 3.47. The third kappa shape index (κ3) is 5.87. The van der Waals surface area contributed by atoms with E-state index in [0.29, 0.717) is 66.1 Å². The van der Waals surface area contributed by atoms with E-state index in [2.05, 4.69) is 16.4 Å². The van der Waals surface area contributed by atoms with Gasteiger partial charge in [0.25, 0.3) is 0 Å². The molecule has 1 aromatic carbocycles. The van der Waals surface area contributed by atoms with E-state index >= 15 is 0 Å². The molecule has 1 amide bonds. The summed E-state index contributed by atoms with van der Waals surface area (Å²) in [6.45, 7) is 1.37. The van der Waals surface area contributed by atoms with Crippen molar-refractivity contribution in [3.8, 4) is 5.75 Å². The van der Waals surface area contributed by atoms with Gasteiger partial charge in [0.05, 0.1) is 24.2 Å². The lowest BCUT2D eigenvalue weighted by Gasteiger charge is -2.47. The van der Waals surface area contributed by atoms with Gasteiger partial charge in [0.15, 0.2) is 16.8 Å². The van der Waals surface area contributed by atoms with Crippen LogP contribution in [0.3, 0.4) is 0 Å². The largest absolute Gasteiger partial charge is 0.481 e. The zero-order chi connectivity index (χ0) is 33.7. The number of fused-ring (bicyclic) bond motifs is 3. The zero-order valence-electron chi connectivity index (χ0n) is 26.3. The molecule has 7 rings (SSSR count). The van der Waals surface area contributed by atoms with E-state index < -0.39 is 49.3 Å². The van der Waals surface area contributed by atoms with Gasteiger partial charge in [-0.05, 0) is 37.3 Å². The van der Waals surface area contributed by atoms with Crippen molar-refractivity contribution in [2.75, 3.05) is 31.2 Å². The maximum absolute atomic E-state index is 13.3. The molecule has 14 nitrogen and oxygen atoms in total. The van der Waals surface area contributed by atoms with Gasteiger partial charge in [-0.1, -0.05) is 12.2 Å². The van der Waals surface area contributed by atoms with Crippen LogP contribution in [-0.2, 0) is 21.0 Å². The topological polar surface area (TPSA) is 204 Å². The molecule has 5 aliphatic rings. The molecule has 256 valence electrons. The minimum absolute atomic E-state index is 0.0103. The molecule has 0 radical (unpaired) electrons. The van der Waals surface area contributed by atoms with Gasteiger partial charge in [-0.25, -0.2) is 9.78 Å². The lowest BCUT2D eigenvalue weighted by Crippen LogP contribution is -2.55. The summed E-state index contributed by atoms with van der Waals surface area (Å²) in [6, 6.07) is 3.18. The first-order chi connectivity index (χ1) is 23.1. The molecule has 8 atom stereocenters. The highest BCUT2D eigenvalue weighted by molar-refractivity contribution is 5.96. The Morgan fingerprint density at radius 3 is 2.71 bits per heavy atom. The van der Waals surface area contributed by atoms with Gasteiger partial charge < -0.3 is 44.9 Å². The minimum atomic E-state index is -1.83. The number of carbonyl (C=O) groups excluding carboxylic acids is 1. The Bertz CT molecular complexity index is 1780. The number of carbonyl (C=O) groups is 1. The Balaban J connectivity index is 1.25. The van der Waals surface area contributed by atoms with Gasteiger partial charge in [-0.2, -0.15) is 0 Å². The number of aryl methyl sites for hydroxylation is 1. The summed E-state index contributed by atoms with van der Waals surface area (Å²) in [5.41, 5.74) is 2.27. The number of allylic oxidation sites excluding steroid dienone is 2. The van der Waals surface area contributed by atoms with Gasteiger partial charge in [0.2, 0.25) is 5.91 Å². The fourth-order valence-electron chi connectivity index (χ4n) is 7.32. The second kappa shape index (κ2) is 12.9. The third-order valence-electron chi connectivity index (χ3n) is 9.96. The fourth-order valence-corrected chi connectivity index (χ4v) is 7.32. The number of nitrogens with one attached hydrogen (secondary N) is 1. The van der Waals surface area contributed by atoms with Gasteiger partial charge in [-0.15, -0.1) is 0 Å². The van der Waals surface area contributed by atoms with Crippen LogP contribution in [0.25, 0.3) is 11.0 Å². The number of hydrogen-bond acceptors (Lipinski definition) is 13. The summed E-state index contributed by atoms with van der Waals surface area (Å²) in [4.78, 5) is 43.4. The van der Waals surface area contributed by atoms with Crippen LogP contribution in [0, 0.1) is 18.8 Å². The van der Waals surface area contributed by atoms with E-state index in [0.717, 1.165) is 11.3 Å². The van der Waals surface area contributed by atoms with Crippen molar-refractivity contribution in [2.24, 2.45) is 16.8 Å². The smallest absolute Gasteiger partial charge is 0.220 e. The van der Waals surface area contributed by atoms with Gasteiger partial charge in [0, 0.05) is 55.4 Å². The molecule has 0 saturated carbocycles. The first kappa shape index (κ1) is 32.6. The van der Waals surface area contributed by atoms with Crippen LogP contribution in [0.15, 0.2) is 62.0 Å². The van der Waals surface area contributed by atoms with Crippen molar-refractivity contribution < 1.29 is 49.3 Å². The highest BCUT2D eigenvalue weighted by Crippen LogP contribution is 2.51. The van der Waals surface area contributed by atoms with Crippen LogP contribution in [0.1, 0.15) is 30.6 Å². The molecule has 5 heterocycles. The third-order valence-corrected chi connectivity index (χ3v) is 9.96. The lowest BCUT2D eigenvalue weighted by molar-refractivity contribution is -0.363. The average molecular weight is 666 g/mol. The second-order valence-electron chi connectivity index (χ2n) is 13.2. The molecular formula is C34H39N3O11. The zero-order valence-corrected chi connectivity index (χ0v) is 26.3. The molecule has 14 heteroatoms. The van der Waals surface area contributed by atoms with E-state index in [9.17, 15) is 30.0 Å². The maximum atomic E-state index is 13.3. The van der Waals surface area contributed by atoms with Gasteiger partial charge in [0.1, 0.15) is 54.2 Å². The summed E-state index contributed by atoms with van der Waals surface area (Å²) < 4.78 is 13.3. The second-order valence-corrected chi connectivity index (χ2v) is 13.2. The molecule has 0 bridgehead atoms. The van der Waals surface area contributed by atoms with Crippen molar-refractivity contribution in [3.63, 3.8) is 0 Å². The lowest BCUT2D eigenvalue weighted by atomic mass is 9.71. The molecule has 1 fully saturated rings. The molecule has 1 aromatic heterocycles. The number of anilines is 1. The van der Waals surface area contributed by atoms with Crippen molar-refractivity contribution >= 4 is 28.8 Å². The van der Waals surface area contributed by atoms with Crippen LogP contribution in [0.4, 0.5) is 5.69 Å². The molecular weight excluding hydrogens is 626 g/mol. The van der Waals surface area contributed by atoms with Crippen LogP contribution in [-0.4, -0.2) is 100 Å². The maximum Gasteiger partial charge on any atom is 0.220 e. The summed E-state index contributed by atoms with van der Waals surface area (Å²) >= 11 is 0. The Labute approximate surface area is 275 Å². The summed E-state index contributed by atoms with van der Waals surface area (Å²) in [5, 5.41) is 52.9. The Hall–Kier alpha value is -3.89. The SMILES string of the molecule is Cc1cc(=O)c2cc3c(c(N4C=C5N=CC=C5C4)c2o1)OC1(CC=CC(C2CNC(=O)C2)C1)C(OOCC(O)C(O)C(O)C(O)CO)C3. The molecule has 8 unspecified atom stereocenters. The molecule has 2 aromatic rings. The average Bonchev–Trinajstić information content (AvgIpc) is 3.80. The van der Waals surface area contributed by atoms with E-state index in [1.54, 1.807) is 19.2 Å². The predicted molar refractivity (Wildman–Crippen MR) is 171 cm³/mol. The quantitative estimate of drug-likeness (QED) is 0.115. The van der Waals surface area contributed by atoms with Gasteiger partial charge in [-0.3, -0.25) is 14.6 Å². The monoisotopic (exact) mass is 665 g/mol. The predicted octanol–water partition coefficient (Wildman–Crippen LogP) is 0.302. The normalized spacial score (nSPS) is 28.5. The first-order valence-electron chi connectivity index (χ1n) is 16.1. The van der Waals surface area contributed by atoms with Crippen LogP contribution >= 0.6 is 0 Å². The highest BCUT2D eigenvalue weighted by atomic mass is 17.2. The van der Waals surface area contributed by atoms with Crippen molar-refractivity contribution in [1.82, 2.24) is 5.32 Å². The van der Waals surface area contributed by atoms with Crippen LogP contribution in [0.2, 0.25) is 0 Å². The molecule has 6 N–H and O–H groups in total. The number of nitrogens with zero attached hydrogens (tertiary/aromatic N) is 2. The number of aliphatic hydroxyl groups excluding tert-OH is 5. The van der Waals surface area contributed by atoms with Crippen molar-refractivity contribution in [3.05, 3.63) is 69.4 Å². The minimum Gasteiger partial charge on any atom is -0.481 e. The van der Waals surface area contributed by atoms with Crippen molar-refractivity contribution in [2.45, 2.75) is 68.7 Å². The Kier molecular flexibility index (Phi) is 8.74. The van der Waals surface area contributed by atoms with E-state index in [1.165, 1.54) is 6.07 Å². The van der Waals surface area contributed by atoms with E-state index in [-0.39, 0.29) is 29.6 Å². The van der Waals surface area contributed by atoms with Crippen LogP contribution < -0.4 is 20.4 Å². The Morgan fingerprint density at radius 2 is 1.96 bits per heavy atom.